The van der Waals surface area contributed by atoms with Gasteiger partial charge in [-0.15, -0.1) is 11.3 Å². The number of carbonyl (C=O) groups is 2. The van der Waals surface area contributed by atoms with Crippen molar-refractivity contribution in [2.45, 2.75) is 18.8 Å². The van der Waals surface area contributed by atoms with Crippen molar-refractivity contribution < 1.29 is 9.59 Å². The smallest absolute Gasteiger partial charge is 0.258 e. The fourth-order valence-electron chi connectivity index (χ4n) is 3.80. The van der Waals surface area contributed by atoms with E-state index < -0.39 is 17.7 Å². The summed E-state index contributed by atoms with van der Waals surface area (Å²) in [5, 5.41) is 13.9. The van der Waals surface area contributed by atoms with Crippen LogP contribution in [0, 0.1) is 23.2 Å². The van der Waals surface area contributed by atoms with E-state index in [1.807, 2.05) is 28.5 Å². The van der Waals surface area contributed by atoms with E-state index in [1.165, 1.54) is 11.3 Å². The Morgan fingerprint density at radius 1 is 1.36 bits per heavy atom. The van der Waals surface area contributed by atoms with E-state index in [1.54, 1.807) is 0 Å². The molecule has 0 bridgehead atoms. The molecule has 1 saturated heterocycles. The molecule has 2 atom stereocenters. The van der Waals surface area contributed by atoms with Gasteiger partial charge in [0.25, 0.3) is 5.56 Å². The molecule has 0 spiro atoms. The van der Waals surface area contributed by atoms with Crippen molar-refractivity contribution in [1.82, 2.24) is 9.97 Å². The maximum atomic E-state index is 12.9. The van der Waals surface area contributed by atoms with Gasteiger partial charge < -0.3 is 16.0 Å². The van der Waals surface area contributed by atoms with Gasteiger partial charge in [0.15, 0.2) is 0 Å². The van der Waals surface area contributed by atoms with Gasteiger partial charge >= 0.3 is 0 Å². The molecule has 0 aromatic carbocycles. The maximum Gasteiger partial charge on any atom is 0.258 e. The number of nitrogens with two attached hydrogens (primary N) is 1. The Hall–Kier alpha value is -3.19. The molecule has 2 amide bonds. The van der Waals surface area contributed by atoms with Crippen molar-refractivity contribution in [2.75, 3.05) is 23.3 Å². The highest BCUT2D eigenvalue weighted by atomic mass is 32.1. The molecule has 10 heteroatoms. The largest absolute Gasteiger partial charge is 0.369 e. The van der Waals surface area contributed by atoms with Crippen molar-refractivity contribution in [3.8, 4) is 6.07 Å². The molecule has 4 heterocycles. The third-order valence-corrected chi connectivity index (χ3v) is 6.25. The van der Waals surface area contributed by atoms with Crippen LogP contribution in [0.2, 0.25) is 0 Å². The molecule has 2 unspecified atom stereocenters. The molecule has 2 aromatic heterocycles. The van der Waals surface area contributed by atoms with E-state index in [9.17, 15) is 19.6 Å². The first-order valence-corrected chi connectivity index (χ1v) is 9.80. The SMILES string of the molecule is N#CC1C(=O)Nc2nc(N3CCC(C(N)=O)CC3)[nH]c(=O)c2C1c1cccs1. The van der Waals surface area contributed by atoms with Crippen molar-refractivity contribution in [3.05, 3.63) is 38.3 Å². The molecular formula is C18H18N6O3S. The normalized spacial score (nSPS) is 22.2. The lowest BCUT2D eigenvalue weighted by atomic mass is 9.83. The van der Waals surface area contributed by atoms with Gasteiger partial charge in [0.2, 0.25) is 17.8 Å². The zero-order chi connectivity index (χ0) is 19.8. The molecule has 1 fully saturated rings. The summed E-state index contributed by atoms with van der Waals surface area (Å²) in [4.78, 5) is 46.6. The number of nitriles is 1. The molecule has 28 heavy (non-hydrogen) atoms. The summed E-state index contributed by atoms with van der Waals surface area (Å²) in [7, 11) is 0. The van der Waals surface area contributed by atoms with E-state index in [2.05, 4.69) is 15.3 Å². The summed E-state index contributed by atoms with van der Waals surface area (Å²) in [6.45, 7) is 1.05. The number of carbonyl (C=O) groups excluding carboxylic acids is 2. The fraction of sp³-hybridized carbons (Fsp3) is 0.389. The predicted molar refractivity (Wildman–Crippen MR) is 103 cm³/mol. The molecule has 9 nitrogen and oxygen atoms in total. The predicted octanol–water partition coefficient (Wildman–Crippen LogP) is 0.757. The number of H-pyrrole nitrogens is 1. The lowest BCUT2D eigenvalue weighted by Gasteiger charge is -2.32. The Morgan fingerprint density at radius 3 is 2.71 bits per heavy atom. The Kier molecular flexibility index (Phi) is 4.60. The van der Waals surface area contributed by atoms with Crippen LogP contribution in [0.15, 0.2) is 22.3 Å². The number of anilines is 2. The molecule has 0 radical (unpaired) electrons. The van der Waals surface area contributed by atoms with Gasteiger partial charge in [-0.25, -0.2) is 0 Å². The molecule has 2 aromatic rings. The fourth-order valence-corrected chi connectivity index (χ4v) is 4.67. The summed E-state index contributed by atoms with van der Waals surface area (Å²) < 4.78 is 0. The summed E-state index contributed by atoms with van der Waals surface area (Å²) in [5.74, 6) is -2.09. The molecular weight excluding hydrogens is 380 g/mol. The van der Waals surface area contributed by atoms with E-state index in [0.717, 1.165) is 4.88 Å². The number of hydrogen-bond donors (Lipinski definition) is 3. The van der Waals surface area contributed by atoms with Crippen LogP contribution in [-0.2, 0) is 9.59 Å². The lowest BCUT2D eigenvalue weighted by molar-refractivity contribution is -0.122. The zero-order valence-electron chi connectivity index (χ0n) is 14.8. The highest BCUT2D eigenvalue weighted by molar-refractivity contribution is 7.10. The Morgan fingerprint density at radius 2 is 2.11 bits per heavy atom. The van der Waals surface area contributed by atoms with Crippen LogP contribution in [-0.4, -0.2) is 34.9 Å². The highest BCUT2D eigenvalue weighted by Gasteiger charge is 2.41. The zero-order valence-corrected chi connectivity index (χ0v) is 15.7. The van der Waals surface area contributed by atoms with Crippen LogP contribution < -0.4 is 21.5 Å². The minimum Gasteiger partial charge on any atom is -0.369 e. The molecule has 144 valence electrons. The Balaban J connectivity index is 1.72. The second kappa shape index (κ2) is 7.09. The number of amides is 2. The summed E-state index contributed by atoms with van der Waals surface area (Å²) in [6, 6.07) is 5.64. The first-order valence-electron chi connectivity index (χ1n) is 8.92. The number of aromatic nitrogens is 2. The van der Waals surface area contributed by atoms with Crippen LogP contribution in [0.4, 0.5) is 11.8 Å². The number of nitrogens with zero attached hydrogens (tertiary/aromatic N) is 3. The van der Waals surface area contributed by atoms with Gasteiger partial charge in [-0.2, -0.15) is 10.2 Å². The van der Waals surface area contributed by atoms with E-state index in [4.69, 9.17) is 5.73 Å². The van der Waals surface area contributed by atoms with Crippen LogP contribution in [0.25, 0.3) is 0 Å². The molecule has 4 rings (SSSR count). The summed E-state index contributed by atoms with van der Waals surface area (Å²) >= 11 is 1.39. The quantitative estimate of drug-likeness (QED) is 0.696. The van der Waals surface area contributed by atoms with Gasteiger partial charge in [-0.05, 0) is 24.3 Å². The van der Waals surface area contributed by atoms with E-state index >= 15 is 0 Å². The lowest BCUT2D eigenvalue weighted by Crippen LogP contribution is -2.42. The minimum absolute atomic E-state index is 0.181. The average molecular weight is 398 g/mol. The molecule has 2 aliphatic rings. The van der Waals surface area contributed by atoms with Gasteiger partial charge in [-0.3, -0.25) is 19.4 Å². The minimum atomic E-state index is -0.994. The second-order valence-corrected chi connectivity index (χ2v) is 7.88. The Labute approximate surface area is 164 Å². The number of piperidine rings is 1. The number of rotatable bonds is 3. The van der Waals surface area contributed by atoms with Crippen molar-refractivity contribution in [3.63, 3.8) is 0 Å². The second-order valence-electron chi connectivity index (χ2n) is 6.90. The van der Waals surface area contributed by atoms with Crippen molar-refractivity contribution >= 4 is 34.9 Å². The third-order valence-electron chi connectivity index (χ3n) is 5.30. The average Bonchev–Trinajstić information content (AvgIpc) is 3.21. The van der Waals surface area contributed by atoms with Crippen LogP contribution in [0.1, 0.15) is 29.2 Å². The summed E-state index contributed by atoms with van der Waals surface area (Å²) in [6.07, 6.45) is 1.16. The molecule has 4 N–H and O–H groups in total. The topological polar surface area (TPSA) is 145 Å². The standard InChI is InChI=1S/C18H18N6O3S/c19-8-10-12(11-2-1-7-28-11)13-15(21-16(10)26)22-18(23-17(13)27)24-5-3-9(4-6-24)14(20)25/h1-2,7,9-10,12H,3-6H2,(H2,20,25)(H2,21,22,23,26,27). The van der Waals surface area contributed by atoms with E-state index in [-0.39, 0.29) is 23.2 Å². The number of fused-ring (bicyclic) bond motifs is 1. The number of hydrogen-bond acceptors (Lipinski definition) is 7. The number of aromatic amines is 1. The third kappa shape index (κ3) is 3.03. The van der Waals surface area contributed by atoms with Gasteiger partial charge in [0.1, 0.15) is 11.7 Å². The van der Waals surface area contributed by atoms with Gasteiger partial charge in [0.05, 0.1) is 17.6 Å². The van der Waals surface area contributed by atoms with Crippen LogP contribution >= 0.6 is 11.3 Å². The number of thiophene rings is 1. The number of nitrogens with one attached hydrogen (secondary N) is 2. The number of primary amides is 1. The molecule has 0 aliphatic carbocycles. The summed E-state index contributed by atoms with van der Waals surface area (Å²) in [5.41, 5.74) is 5.28. The highest BCUT2D eigenvalue weighted by Crippen LogP contribution is 2.40. The van der Waals surface area contributed by atoms with Crippen molar-refractivity contribution in [2.24, 2.45) is 17.6 Å². The molecule has 2 aliphatic heterocycles. The van der Waals surface area contributed by atoms with E-state index in [0.29, 0.717) is 37.4 Å². The van der Waals surface area contributed by atoms with Gasteiger partial charge in [0, 0.05) is 23.9 Å². The van der Waals surface area contributed by atoms with Crippen LogP contribution in [0.3, 0.4) is 0 Å². The van der Waals surface area contributed by atoms with Gasteiger partial charge in [-0.1, -0.05) is 6.07 Å². The maximum absolute atomic E-state index is 12.9. The van der Waals surface area contributed by atoms with Crippen LogP contribution in [0.5, 0.6) is 0 Å². The monoisotopic (exact) mass is 398 g/mol. The molecule has 0 saturated carbocycles. The first kappa shape index (κ1) is 18.2. The Bertz CT molecular complexity index is 1020. The van der Waals surface area contributed by atoms with Crippen molar-refractivity contribution in [1.29, 1.82) is 5.26 Å². The first-order chi connectivity index (χ1) is 13.5.